The summed E-state index contributed by atoms with van der Waals surface area (Å²) in [5.41, 5.74) is 4.54. The van der Waals surface area contributed by atoms with Crippen molar-refractivity contribution in [3.05, 3.63) is 41.5 Å². The van der Waals surface area contributed by atoms with E-state index < -0.39 is 0 Å². The molecule has 56 valence electrons. The van der Waals surface area contributed by atoms with Crippen molar-refractivity contribution in [2.45, 2.75) is 19.8 Å². The second-order valence-electron chi connectivity index (χ2n) is 3.12. The summed E-state index contributed by atoms with van der Waals surface area (Å²) in [6, 6.07) is 10.7. The predicted octanol–water partition coefficient (Wildman–Crippen LogP) is 3.25. The maximum atomic E-state index is 2.23. The van der Waals surface area contributed by atoms with Gasteiger partial charge >= 0.3 is 0 Å². The van der Waals surface area contributed by atoms with Crippen LogP contribution in [0.2, 0.25) is 0 Å². The molecule has 0 radical (unpaired) electrons. The highest BCUT2D eigenvalue weighted by molar-refractivity contribution is 5.73. The fourth-order valence-corrected chi connectivity index (χ4v) is 1.53. The average Bonchev–Trinajstić information content (AvgIpc) is 2.04. The lowest BCUT2D eigenvalue weighted by Crippen LogP contribution is -1.99. The zero-order valence-corrected chi connectivity index (χ0v) is 6.80. The van der Waals surface area contributed by atoms with Crippen LogP contribution in [-0.2, 0) is 0 Å². The molecule has 0 saturated heterocycles. The molecule has 1 aliphatic carbocycles. The Morgan fingerprint density at radius 1 is 1.00 bits per heavy atom. The fraction of sp³-hybridized carbons (Fsp3) is 0.273. The summed E-state index contributed by atoms with van der Waals surface area (Å²) >= 11 is 0. The SMILES string of the molecule is CC1=C(c2ccccc2)CC1. The molecule has 1 aromatic rings. The predicted molar refractivity (Wildman–Crippen MR) is 48.3 cm³/mol. The zero-order chi connectivity index (χ0) is 7.68. The Balaban J connectivity index is 2.38. The van der Waals surface area contributed by atoms with Crippen LogP contribution in [0.15, 0.2) is 35.9 Å². The molecular weight excluding hydrogens is 132 g/mol. The summed E-state index contributed by atoms with van der Waals surface area (Å²) < 4.78 is 0. The molecule has 0 atom stereocenters. The van der Waals surface area contributed by atoms with Gasteiger partial charge in [0.15, 0.2) is 0 Å². The molecule has 2 rings (SSSR count). The van der Waals surface area contributed by atoms with E-state index in [1.54, 1.807) is 11.1 Å². The lowest BCUT2D eigenvalue weighted by atomic mass is 9.85. The number of hydrogen-bond donors (Lipinski definition) is 0. The van der Waals surface area contributed by atoms with E-state index in [0.29, 0.717) is 0 Å². The first-order valence-electron chi connectivity index (χ1n) is 4.12. The number of rotatable bonds is 1. The summed E-state index contributed by atoms with van der Waals surface area (Å²) in [4.78, 5) is 0. The molecule has 0 heterocycles. The van der Waals surface area contributed by atoms with E-state index in [-0.39, 0.29) is 0 Å². The molecule has 1 aliphatic rings. The first-order chi connectivity index (χ1) is 5.38. The number of benzene rings is 1. The van der Waals surface area contributed by atoms with Crippen LogP contribution in [0.4, 0.5) is 0 Å². The van der Waals surface area contributed by atoms with Crippen LogP contribution in [0.3, 0.4) is 0 Å². The summed E-state index contributed by atoms with van der Waals surface area (Å²) in [6.07, 6.45) is 2.57. The third-order valence-electron chi connectivity index (χ3n) is 2.39. The van der Waals surface area contributed by atoms with E-state index in [2.05, 4.69) is 37.3 Å². The summed E-state index contributed by atoms with van der Waals surface area (Å²) in [5, 5.41) is 0. The Morgan fingerprint density at radius 2 is 1.73 bits per heavy atom. The van der Waals surface area contributed by atoms with Gasteiger partial charge in [-0.2, -0.15) is 0 Å². The minimum atomic E-state index is 1.27. The van der Waals surface area contributed by atoms with Crippen molar-refractivity contribution in [3.63, 3.8) is 0 Å². The second kappa shape index (κ2) is 2.54. The average molecular weight is 144 g/mol. The van der Waals surface area contributed by atoms with Crippen LogP contribution >= 0.6 is 0 Å². The van der Waals surface area contributed by atoms with Crippen LogP contribution in [0.25, 0.3) is 5.57 Å². The van der Waals surface area contributed by atoms with Gasteiger partial charge in [0, 0.05) is 0 Å². The van der Waals surface area contributed by atoms with E-state index in [0.717, 1.165) is 0 Å². The van der Waals surface area contributed by atoms with Gasteiger partial charge < -0.3 is 0 Å². The molecule has 0 aromatic heterocycles. The Kier molecular flexibility index (Phi) is 1.54. The van der Waals surface area contributed by atoms with Crippen LogP contribution in [0, 0.1) is 0 Å². The number of allylic oxidation sites excluding steroid dienone is 2. The van der Waals surface area contributed by atoms with Gasteiger partial charge in [-0.3, -0.25) is 0 Å². The summed E-state index contributed by atoms with van der Waals surface area (Å²) in [7, 11) is 0. The van der Waals surface area contributed by atoms with Crippen molar-refractivity contribution >= 4 is 5.57 Å². The number of hydrogen-bond acceptors (Lipinski definition) is 0. The third-order valence-corrected chi connectivity index (χ3v) is 2.39. The molecule has 1 aromatic carbocycles. The lowest BCUT2D eigenvalue weighted by Gasteiger charge is -2.20. The van der Waals surface area contributed by atoms with Crippen LogP contribution < -0.4 is 0 Å². The van der Waals surface area contributed by atoms with E-state index in [1.165, 1.54) is 18.4 Å². The van der Waals surface area contributed by atoms with Crippen LogP contribution in [0.1, 0.15) is 25.3 Å². The zero-order valence-electron chi connectivity index (χ0n) is 6.80. The van der Waals surface area contributed by atoms with Gasteiger partial charge in [0.1, 0.15) is 0 Å². The Hall–Kier alpha value is -1.04. The molecule has 0 nitrogen and oxygen atoms in total. The Bertz CT molecular complexity index is 280. The van der Waals surface area contributed by atoms with Gasteiger partial charge in [0.25, 0.3) is 0 Å². The van der Waals surface area contributed by atoms with Crippen molar-refractivity contribution < 1.29 is 0 Å². The second-order valence-corrected chi connectivity index (χ2v) is 3.12. The molecular formula is C11H12. The standard InChI is InChI=1S/C11H12/c1-9-7-8-11(9)10-5-3-2-4-6-10/h2-6H,7-8H2,1H3. The minimum Gasteiger partial charge on any atom is -0.0692 e. The highest BCUT2D eigenvalue weighted by Crippen LogP contribution is 2.35. The molecule has 0 amide bonds. The molecule has 11 heavy (non-hydrogen) atoms. The molecule has 0 spiro atoms. The Morgan fingerprint density at radius 3 is 2.18 bits per heavy atom. The van der Waals surface area contributed by atoms with E-state index in [4.69, 9.17) is 0 Å². The van der Waals surface area contributed by atoms with Gasteiger partial charge in [-0.15, -0.1) is 0 Å². The minimum absolute atomic E-state index is 1.27. The molecule has 0 fully saturated rings. The largest absolute Gasteiger partial charge is 0.0692 e. The molecule has 0 aliphatic heterocycles. The van der Waals surface area contributed by atoms with Crippen molar-refractivity contribution in [1.82, 2.24) is 0 Å². The third kappa shape index (κ3) is 1.09. The van der Waals surface area contributed by atoms with Crippen molar-refractivity contribution in [2.24, 2.45) is 0 Å². The maximum Gasteiger partial charge on any atom is -0.0225 e. The molecule has 0 N–H and O–H groups in total. The Labute approximate surface area is 67.6 Å². The van der Waals surface area contributed by atoms with E-state index in [1.807, 2.05) is 0 Å². The van der Waals surface area contributed by atoms with Crippen molar-refractivity contribution in [2.75, 3.05) is 0 Å². The summed E-state index contributed by atoms with van der Waals surface area (Å²) in [6.45, 7) is 2.23. The molecule has 0 unspecified atom stereocenters. The van der Waals surface area contributed by atoms with Gasteiger partial charge in [-0.25, -0.2) is 0 Å². The first kappa shape index (κ1) is 6.66. The monoisotopic (exact) mass is 144 g/mol. The van der Waals surface area contributed by atoms with Crippen LogP contribution in [-0.4, -0.2) is 0 Å². The van der Waals surface area contributed by atoms with E-state index in [9.17, 15) is 0 Å². The maximum absolute atomic E-state index is 2.23. The van der Waals surface area contributed by atoms with Gasteiger partial charge in [0.2, 0.25) is 0 Å². The van der Waals surface area contributed by atoms with Crippen LogP contribution in [0.5, 0.6) is 0 Å². The fourth-order valence-electron chi connectivity index (χ4n) is 1.53. The highest BCUT2D eigenvalue weighted by atomic mass is 14.2. The topological polar surface area (TPSA) is 0 Å². The van der Waals surface area contributed by atoms with E-state index >= 15 is 0 Å². The normalized spacial score (nSPS) is 16.5. The highest BCUT2D eigenvalue weighted by Gasteiger charge is 2.13. The smallest absolute Gasteiger partial charge is 0.0225 e. The van der Waals surface area contributed by atoms with Gasteiger partial charge in [-0.1, -0.05) is 35.9 Å². The summed E-state index contributed by atoms with van der Waals surface area (Å²) in [5.74, 6) is 0. The van der Waals surface area contributed by atoms with Gasteiger partial charge in [0.05, 0.1) is 0 Å². The first-order valence-corrected chi connectivity index (χ1v) is 4.12. The van der Waals surface area contributed by atoms with Crippen molar-refractivity contribution in [3.8, 4) is 0 Å². The molecule has 0 bridgehead atoms. The molecule has 0 saturated carbocycles. The quantitative estimate of drug-likeness (QED) is 0.567. The lowest BCUT2D eigenvalue weighted by molar-refractivity contribution is 0.902. The molecule has 0 heteroatoms. The van der Waals surface area contributed by atoms with Crippen molar-refractivity contribution in [1.29, 1.82) is 0 Å². The van der Waals surface area contributed by atoms with Gasteiger partial charge in [-0.05, 0) is 30.9 Å².